The quantitative estimate of drug-likeness (QED) is 0.249. The Morgan fingerprint density at radius 3 is 2.29 bits per heavy atom. The number of benzene rings is 1. The molecule has 0 radical (unpaired) electrons. The van der Waals surface area contributed by atoms with Gasteiger partial charge in [-0.05, 0) is 53.7 Å². The molecule has 2 atom stereocenters. The van der Waals surface area contributed by atoms with Crippen molar-refractivity contribution in [3.63, 3.8) is 0 Å². The molecule has 0 aliphatic rings. The van der Waals surface area contributed by atoms with Gasteiger partial charge >= 0.3 is 5.97 Å². The number of hydrogen-bond donors (Lipinski definition) is 0. The molecule has 0 amide bonds. The van der Waals surface area contributed by atoms with Crippen molar-refractivity contribution in [1.82, 2.24) is 4.98 Å². The van der Waals surface area contributed by atoms with Gasteiger partial charge in [-0.15, -0.1) is 0 Å². The molecule has 0 aliphatic heterocycles. The number of rotatable bonds is 9. The second-order valence-corrected chi connectivity index (χ2v) is 17.0. The summed E-state index contributed by atoms with van der Waals surface area (Å²) in [6.45, 7) is 20.0. The molecule has 0 saturated carbocycles. The molecule has 1 unspecified atom stereocenters. The zero-order valence-corrected chi connectivity index (χ0v) is 24.4. The van der Waals surface area contributed by atoms with E-state index in [-0.39, 0.29) is 27.4 Å². The highest BCUT2D eigenvalue weighted by molar-refractivity contribution is 6.74. The number of carbonyl (C=O) groups excluding carboxylic acids is 1. The Kier molecular flexibility index (Phi) is 9.71. The van der Waals surface area contributed by atoms with Crippen molar-refractivity contribution in [1.29, 1.82) is 0 Å². The fraction of sp³-hybridized carbons (Fsp3) is 0.571. The van der Waals surface area contributed by atoms with Crippen LogP contribution in [0.2, 0.25) is 23.2 Å². The molecule has 0 bridgehead atoms. The van der Waals surface area contributed by atoms with Gasteiger partial charge in [-0.3, -0.25) is 9.78 Å². The SMILES string of the molecule is CCOC(=O)C(c1ccc(Cc2cccc(Cl)c2F)cn1)[C@H](CO[Si](C)(C)C(C)(C)C)C(C)(C)C. The number of esters is 1. The van der Waals surface area contributed by atoms with E-state index < -0.39 is 20.1 Å². The molecule has 0 aliphatic carbocycles. The molecule has 35 heavy (non-hydrogen) atoms. The summed E-state index contributed by atoms with van der Waals surface area (Å²) in [6.07, 6.45) is 2.07. The topological polar surface area (TPSA) is 48.4 Å². The van der Waals surface area contributed by atoms with Crippen molar-refractivity contribution >= 4 is 25.9 Å². The number of nitrogens with zero attached hydrogens (tertiary/aromatic N) is 1. The van der Waals surface area contributed by atoms with E-state index >= 15 is 0 Å². The number of carbonyl (C=O) groups is 1. The van der Waals surface area contributed by atoms with Gasteiger partial charge in [0.1, 0.15) is 11.7 Å². The van der Waals surface area contributed by atoms with Crippen LogP contribution >= 0.6 is 11.6 Å². The maximum atomic E-state index is 14.4. The first kappa shape index (κ1) is 29.5. The second kappa shape index (κ2) is 11.5. The minimum Gasteiger partial charge on any atom is -0.465 e. The highest BCUT2D eigenvalue weighted by atomic mass is 35.5. The standard InChI is InChI=1S/C28H41ClFNO3Si/c1-10-33-26(32)24(21(27(2,3)4)18-34-35(8,9)28(5,6)7)23-15-14-19(17-31-23)16-20-12-11-13-22(29)25(20)30/h11-15,17,21,24H,10,16,18H2,1-9H3/t21-,24?/m0/s1. The third kappa shape index (κ3) is 7.61. The fourth-order valence-electron chi connectivity index (χ4n) is 3.71. The molecule has 1 aromatic heterocycles. The Balaban J connectivity index is 2.39. The molecule has 194 valence electrons. The average molecular weight is 522 g/mol. The van der Waals surface area contributed by atoms with Crippen LogP contribution in [-0.4, -0.2) is 32.5 Å². The predicted molar refractivity (Wildman–Crippen MR) is 144 cm³/mol. The summed E-state index contributed by atoms with van der Waals surface area (Å²) in [6, 6.07) is 8.72. The van der Waals surface area contributed by atoms with Crippen molar-refractivity contribution in [2.45, 2.75) is 78.9 Å². The zero-order chi connectivity index (χ0) is 26.6. The molecular weight excluding hydrogens is 481 g/mol. The van der Waals surface area contributed by atoms with Crippen molar-refractivity contribution in [3.8, 4) is 0 Å². The maximum Gasteiger partial charge on any atom is 0.315 e. The van der Waals surface area contributed by atoms with E-state index in [1.54, 1.807) is 18.3 Å². The van der Waals surface area contributed by atoms with Gasteiger partial charge in [-0.1, -0.05) is 71.3 Å². The summed E-state index contributed by atoms with van der Waals surface area (Å²) in [5.41, 5.74) is 1.74. The smallest absolute Gasteiger partial charge is 0.315 e. The molecule has 0 spiro atoms. The average Bonchev–Trinajstić information content (AvgIpc) is 2.73. The first-order valence-corrected chi connectivity index (χ1v) is 15.6. The van der Waals surface area contributed by atoms with Crippen molar-refractivity contribution < 1.29 is 18.3 Å². The maximum absolute atomic E-state index is 14.4. The Hall–Kier alpha value is -1.76. The summed E-state index contributed by atoms with van der Waals surface area (Å²) >= 11 is 5.93. The van der Waals surface area contributed by atoms with Gasteiger partial charge in [0.25, 0.3) is 0 Å². The van der Waals surface area contributed by atoms with E-state index in [9.17, 15) is 9.18 Å². The van der Waals surface area contributed by atoms with E-state index in [1.165, 1.54) is 6.07 Å². The van der Waals surface area contributed by atoms with Crippen LogP contribution < -0.4 is 0 Å². The lowest BCUT2D eigenvalue weighted by Crippen LogP contribution is -2.45. The van der Waals surface area contributed by atoms with E-state index in [1.807, 2.05) is 19.1 Å². The predicted octanol–water partition coefficient (Wildman–Crippen LogP) is 7.80. The molecule has 1 aromatic carbocycles. The Morgan fingerprint density at radius 2 is 1.77 bits per heavy atom. The van der Waals surface area contributed by atoms with E-state index in [0.717, 1.165) is 5.56 Å². The van der Waals surface area contributed by atoms with Gasteiger partial charge in [0.2, 0.25) is 0 Å². The van der Waals surface area contributed by atoms with E-state index in [0.29, 0.717) is 30.9 Å². The van der Waals surface area contributed by atoms with Crippen LogP contribution in [-0.2, 0) is 20.4 Å². The van der Waals surface area contributed by atoms with E-state index in [4.69, 9.17) is 20.8 Å². The van der Waals surface area contributed by atoms with E-state index in [2.05, 4.69) is 59.6 Å². The van der Waals surface area contributed by atoms with Crippen molar-refractivity contribution in [2.24, 2.45) is 11.3 Å². The molecule has 2 rings (SSSR count). The summed E-state index contributed by atoms with van der Waals surface area (Å²) < 4.78 is 26.5. The summed E-state index contributed by atoms with van der Waals surface area (Å²) in [4.78, 5) is 17.9. The summed E-state index contributed by atoms with van der Waals surface area (Å²) in [7, 11) is -2.03. The summed E-state index contributed by atoms with van der Waals surface area (Å²) in [5.74, 6) is -1.43. The van der Waals surface area contributed by atoms with Gasteiger partial charge in [0.05, 0.1) is 17.3 Å². The second-order valence-electron chi connectivity index (χ2n) is 11.8. The molecular formula is C28H41ClFNO3Si. The highest BCUT2D eigenvalue weighted by Crippen LogP contribution is 2.42. The lowest BCUT2D eigenvalue weighted by atomic mass is 9.72. The Labute approximate surface area is 216 Å². The van der Waals surface area contributed by atoms with Crippen LogP contribution in [0, 0.1) is 17.2 Å². The molecule has 4 nitrogen and oxygen atoms in total. The highest BCUT2D eigenvalue weighted by Gasteiger charge is 2.43. The molecule has 1 heterocycles. The van der Waals surface area contributed by atoms with Crippen LogP contribution in [0.5, 0.6) is 0 Å². The normalized spacial score (nSPS) is 14.5. The van der Waals surface area contributed by atoms with Crippen LogP contribution in [0.15, 0.2) is 36.5 Å². The van der Waals surface area contributed by atoms with Crippen LogP contribution in [0.1, 0.15) is 71.2 Å². The third-order valence-electron chi connectivity index (χ3n) is 7.08. The Morgan fingerprint density at radius 1 is 1.11 bits per heavy atom. The van der Waals surface area contributed by atoms with Gasteiger partial charge < -0.3 is 9.16 Å². The monoisotopic (exact) mass is 521 g/mol. The van der Waals surface area contributed by atoms with Crippen LogP contribution in [0.4, 0.5) is 4.39 Å². The first-order valence-electron chi connectivity index (χ1n) is 12.3. The minimum absolute atomic E-state index is 0.0599. The van der Waals surface area contributed by atoms with Gasteiger partial charge in [-0.2, -0.15) is 0 Å². The first-order chi connectivity index (χ1) is 16.1. The van der Waals surface area contributed by atoms with Crippen LogP contribution in [0.3, 0.4) is 0 Å². The number of pyridine rings is 1. The molecule has 0 fully saturated rings. The van der Waals surface area contributed by atoms with Crippen molar-refractivity contribution in [3.05, 3.63) is 64.2 Å². The fourth-order valence-corrected chi connectivity index (χ4v) is 4.94. The third-order valence-corrected chi connectivity index (χ3v) is 11.9. The number of aromatic nitrogens is 1. The number of halogens is 2. The number of ether oxygens (including phenoxy) is 1. The molecule has 0 saturated heterocycles. The van der Waals surface area contributed by atoms with Crippen LogP contribution in [0.25, 0.3) is 0 Å². The summed E-state index contributed by atoms with van der Waals surface area (Å²) in [5, 5.41) is 0.161. The number of hydrogen-bond acceptors (Lipinski definition) is 4. The Bertz CT molecular complexity index is 997. The molecule has 2 aromatic rings. The molecule has 7 heteroatoms. The minimum atomic E-state index is -2.03. The molecule has 0 N–H and O–H groups in total. The lowest BCUT2D eigenvalue weighted by molar-refractivity contribution is -0.148. The van der Waals surface area contributed by atoms with Gasteiger partial charge in [-0.25, -0.2) is 4.39 Å². The van der Waals surface area contributed by atoms with Crippen molar-refractivity contribution in [2.75, 3.05) is 13.2 Å². The zero-order valence-electron chi connectivity index (χ0n) is 22.7. The van der Waals surface area contributed by atoms with Gasteiger partial charge in [0, 0.05) is 25.1 Å². The largest absolute Gasteiger partial charge is 0.465 e. The van der Waals surface area contributed by atoms with Gasteiger partial charge in [0.15, 0.2) is 8.32 Å². The lowest BCUT2D eigenvalue weighted by Gasteiger charge is -2.41.